The molecule has 0 saturated carbocycles. The number of hydrogen-bond acceptors (Lipinski definition) is 4. The normalized spacial score (nSPS) is 12.0. The van der Waals surface area contributed by atoms with Crippen molar-refractivity contribution in [3.8, 4) is 0 Å². The van der Waals surface area contributed by atoms with Gasteiger partial charge in [0, 0.05) is 11.3 Å². The number of aromatic nitrogens is 1. The Hall–Kier alpha value is -1.94. The van der Waals surface area contributed by atoms with Crippen molar-refractivity contribution in [1.82, 2.24) is 4.98 Å². The molecule has 0 aliphatic carbocycles. The smallest absolute Gasteiger partial charge is 0.357 e. The summed E-state index contributed by atoms with van der Waals surface area (Å²) >= 11 is 1.48. The highest BCUT2D eigenvalue weighted by molar-refractivity contribution is 7.19. The minimum Gasteiger partial charge on any atom is -0.407 e. The van der Waals surface area contributed by atoms with E-state index in [4.69, 9.17) is 4.42 Å². The molecule has 2 aromatic heterocycles. The Morgan fingerprint density at radius 1 is 1.19 bits per heavy atom. The first-order valence-electron chi connectivity index (χ1n) is 6.91. The third-order valence-electron chi connectivity index (χ3n) is 3.29. The first-order valence-corrected chi connectivity index (χ1v) is 7.73. The summed E-state index contributed by atoms with van der Waals surface area (Å²) in [6.07, 6.45) is 0.534. The Kier molecular flexibility index (Phi) is 3.41. The topological polar surface area (TPSA) is 43.1 Å². The van der Waals surface area contributed by atoms with E-state index in [9.17, 15) is 4.79 Å². The maximum atomic E-state index is 12.1. The van der Waals surface area contributed by atoms with Gasteiger partial charge in [-0.3, -0.25) is 0 Å². The van der Waals surface area contributed by atoms with E-state index in [1.54, 1.807) is 0 Å². The van der Waals surface area contributed by atoms with Crippen LogP contribution in [0.1, 0.15) is 37.1 Å². The monoisotopic (exact) mass is 299 g/mol. The molecule has 0 aliphatic rings. The van der Waals surface area contributed by atoms with Gasteiger partial charge in [0.1, 0.15) is 4.70 Å². The van der Waals surface area contributed by atoms with Crippen LogP contribution in [0.15, 0.2) is 45.6 Å². The lowest BCUT2D eigenvalue weighted by Gasteiger charge is -2.14. The Labute approximate surface area is 127 Å². The van der Waals surface area contributed by atoms with E-state index in [2.05, 4.69) is 25.8 Å². The predicted molar refractivity (Wildman–Crippen MR) is 86.1 cm³/mol. The summed E-state index contributed by atoms with van der Waals surface area (Å²) in [7, 11) is 0. The van der Waals surface area contributed by atoms with Crippen molar-refractivity contribution in [2.75, 3.05) is 0 Å². The zero-order chi connectivity index (χ0) is 15.0. The summed E-state index contributed by atoms with van der Waals surface area (Å²) in [5.74, 6) is 0.469. The molecule has 0 aliphatic heterocycles. The van der Waals surface area contributed by atoms with Gasteiger partial charge in [0.2, 0.25) is 5.89 Å². The summed E-state index contributed by atoms with van der Waals surface area (Å²) in [6, 6.07) is 11.9. The van der Waals surface area contributed by atoms with Gasteiger partial charge in [-0.1, -0.05) is 51.1 Å². The lowest BCUT2D eigenvalue weighted by atomic mass is 9.95. The van der Waals surface area contributed by atoms with E-state index in [0.717, 1.165) is 16.0 Å². The van der Waals surface area contributed by atoms with Crippen LogP contribution in [-0.2, 0) is 11.8 Å². The summed E-state index contributed by atoms with van der Waals surface area (Å²) < 4.78 is 5.97. The molecule has 2 heterocycles. The number of nitrogens with zero attached hydrogens (tertiary/aromatic N) is 1. The van der Waals surface area contributed by atoms with Crippen molar-refractivity contribution < 1.29 is 4.42 Å². The van der Waals surface area contributed by atoms with E-state index in [1.165, 1.54) is 11.3 Å². The van der Waals surface area contributed by atoms with Crippen LogP contribution >= 0.6 is 11.3 Å². The van der Waals surface area contributed by atoms with Crippen LogP contribution in [0.25, 0.3) is 10.2 Å². The van der Waals surface area contributed by atoms with Gasteiger partial charge < -0.3 is 4.42 Å². The quantitative estimate of drug-likeness (QED) is 0.714. The van der Waals surface area contributed by atoms with Gasteiger partial charge >= 0.3 is 5.63 Å². The van der Waals surface area contributed by atoms with Gasteiger partial charge in [0.15, 0.2) is 0 Å². The molecule has 1 aromatic carbocycles. The molecule has 3 nitrogen and oxygen atoms in total. The minimum atomic E-state index is -0.286. The van der Waals surface area contributed by atoms with Crippen molar-refractivity contribution in [1.29, 1.82) is 0 Å². The van der Waals surface area contributed by atoms with Gasteiger partial charge in [-0.15, -0.1) is 11.3 Å². The van der Waals surface area contributed by atoms with Crippen LogP contribution < -0.4 is 5.63 Å². The number of fused-ring (bicyclic) bond motifs is 1. The van der Waals surface area contributed by atoms with Gasteiger partial charge in [-0.2, -0.15) is 0 Å². The Morgan fingerprint density at radius 2 is 1.90 bits per heavy atom. The summed E-state index contributed by atoms with van der Waals surface area (Å²) in [6.45, 7) is 6.39. The van der Waals surface area contributed by atoms with E-state index in [1.807, 2.05) is 36.4 Å². The third-order valence-corrected chi connectivity index (χ3v) is 4.82. The summed E-state index contributed by atoms with van der Waals surface area (Å²) in [5, 5.41) is 0. The number of rotatable bonds is 2. The van der Waals surface area contributed by atoms with Gasteiger partial charge in [-0.05, 0) is 17.0 Å². The zero-order valence-electron chi connectivity index (χ0n) is 12.3. The maximum absolute atomic E-state index is 12.1. The van der Waals surface area contributed by atoms with Crippen molar-refractivity contribution >= 4 is 21.6 Å². The molecule has 0 amide bonds. The second-order valence-electron chi connectivity index (χ2n) is 6.13. The van der Waals surface area contributed by atoms with Crippen molar-refractivity contribution in [2.45, 2.75) is 32.6 Å². The molecule has 0 unspecified atom stereocenters. The van der Waals surface area contributed by atoms with Crippen molar-refractivity contribution in [3.63, 3.8) is 0 Å². The molecule has 3 rings (SSSR count). The van der Waals surface area contributed by atoms with Crippen LogP contribution in [0.3, 0.4) is 0 Å². The lowest BCUT2D eigenvalue weighted by molar-refractivity contribution is 0.455. The van der Waals surface area contributed by atoms with E-state index < -0.39 is 0 Å². The average molecular weight is 299 g/mol. The first-order chi connectivity index (χ1) is 9.93. The molecular weight excluding hydrogens is 282 g/mol. The van der Waals surface area contributed by atoms with Crippen LogP contribution in [0.4, 0.5) is 0 Å². The van der Waals surface area contributed by atoms with E-state index in [-0.39, 0.29) is 11.0 Å². The first kappa shape index (κ1) is 14.0. The van der Waals surface area contributed by atoms with Gasteiger partial charge in [0.25, 0.3) is 0 Å². The largest absolute Gasteiger partial charge is 0.407 e. The maximum Gasteiger partial charge on any atom is 0.357 e. The molecule has 0 atom stereocenters. The Morgan fingerprint density at radius 3 is 2.57 bits per heavy atom. The average Bonchev–Trinajstić information content (AvgIpc) is 2.84. The number of thiophene rings is 1. The van der Waals surface area contributed by atoms with Crippen LogP contribution in [0.2, 0.25) is 0 Å². The van der Waals surface area contributed by atoms with Crippen molar-refractivity contribution in [2.24, 2.45) is 0 Å². The van der Waals surface area contributed by atoms with Crippen molar-refractivity contribution in [3.05, 3.63) is 63.1 Å². The van der Waals surface area contributed by atoms with Crippen LogP contribution in [0, 0.1) is 0 Å². The molecule has 4 heteroatoms. The molecule has 108 valence electrons. The fraction of sp³-hybridized carbons (Fsp3) is 0.294. The molecule has 3 aromatic rings. The highest BCUT2D eigenvalue weighted by atomic mass is 32.1. The zero-order valence-corrected chi connectivity index (χ0v) is 13.2. The lowest BCUT2D eigenvalue weighted by Crippen LogP contribution is -2.07. The standard InChI is InChI=1S/C17H17NO2S/c1-17(2,3)13-10-12-15(21-13)16(19)20-14(18-12)9-11-7-5-4-6-8-11/h4-8,10H,9H2,1-3H3. The van der Waals surface area contributed by atoms with E-state index >= 15 is 0 Å². The molecule has 0 radical (unpaired) electrons. The summed E-state index contributed by atoms with van der Waals surface area (Å²) in [5.41, 5.74) is 1.55. The fourth-order valence-corrected chi connectivity index (χ4v) is 3.17. The highest BCUT2D eigenvalue weighted by Crippen LogP contribution is 2.32. The SMILES string of the molecule is CC(C)(C)c1cc2nc(Cc3ccccc3)oc(=O)c2s1. The summed E-state index contributed by atoms with van der Waals surface area (Å²) in [4.78, 5) is 17.8. The second-order valence-corrected chi connectivity index (χ2v) is 7.18. The molecule has 0 bridgehead atoms. The predicted octanol–water partition coefficient (Wildman–Crippen LogP) is 4.14. The molecule has 0 spiro atoms. The number of hydrogen-bond donors (Lipinski definition) is 0. The van der Waals surface area contributed by atoms with E-state index in [0.29, 0.717) is 17.0 Å². The Balaban J connectivity index is 2.05. The molecule has 21 heavy (non-hydrogen) atoms. The van der Waals surface area contributed by atoms with Crippen LogP contribution in [-0.4, -0.2) is 4.98 Å². The highest BCUT2D eigenvalue weighted by Gasteiger charge is 2.19. The molecule has 0 saturated heterocycles. The molecule has 0 fully saturated rings. The molecular formula is C17H17NO2S. The molecule has 0 N–H and O–H groups in total. The second kappa shape index (κ2) is 5.11. The Bertz CT molecular complexity index is 825. The minimum absolute atomic E-state index is 0.0113. The number of benzene rings is 1. The fourth-order valence-electron chi connectivity index (χ4n) is 2.14. The third kappa shape index (κ3) is 2.90. The van der Waals surface area contributed by atoms with Gasteiger partial charge in [-0.25, -0.2) is 9.78 Å². The van der Waals surface area contributed by atoms with Gasteiger partial charge in [0.05, 0.1) is 5.52 Å². The van der Waals surface area contributed by atoms with Crippen LogP contribution in [0.5, 0.6) is 0 Å².